The van der Waals surface area contributed by atoms with Crippen LogP contribution in [0.25, 0.3) is 0 Å². The number of hydrogen-bond acceptors (Lipinski definition) is 5. The predicted octanol–water partition coefficient (Wildman–Crippen LogP) is 0.934. The summed E-state index contributed by atoms with van der Waals surface area (Å²) in [6, 6.07) is 2.68. The van der Waals surface area contributed by atoms with Gasteiger partial charge in [-0.1, -0.05) is 0 Å². The fourth-order valence-corrected chi connectivity index (χ4v) is 1.81. The van der Waals surface area contributed by atoms with E-state index < -0.39 is 33.6 Å². The molecule has 0 aliphatic heterocycles. The molecule has 0 saturated carbocycles. The highest BCUT2D eigenvalue weighted by atomic mass is 32.2. The van der Waals surface area contributed by atoms with Gasteiger partial charge in [-0.05, 0) is 19.1 Å². The van der Waals surface area contributed by atoms with Crippen LogP contribution >= 0.6 is 0 Å². The lowest BCUT2D eigenvalue weighted by atomic mass is 10.3. The number of aromatic hydroxyl groups is 1. The average Bonchev–Trinajstić information content (AvgIpc) is 2.22. The smallest absolute Gasteiger partial charge is 0.422 e. The van der Waals surface area contributed by atoms with Crippen LogP contribution in [0.2, 0.25) is 0 Å². The summed E-state index contributed by atoms with van der Waals surface area (Å²) in [7, 11) is -4.30. The van der Waals surface area contributed by atoms with Crippen molar-refractivity contribution in [2.45, 2.75) is 6.92 Å². The zero-order valence-corrected chi connectivity index (χ0v) is 10.1. The predicted molar refractivity (Wildman–Crippen MR) is 60.8 cm³/mol. The SMILES string of the molecule is CCOC(=O)NS(=O)(=O)Nc1cc(F)ccc1O. The number of anilines is 1. The number of phenols is 1. The van der Waals surface area contributed by atoms with Gasteiger partial charge in [0.2, 0.25) is 0 Å². The summed E-state index contributed by atoms with van der Waals surface area (Å²) in [5, 5.41) is 9.30. The van der Waals surface area contributed by atoms with Gasteiger partial charge in [0, 0.05) is 6.07 Å². The van der Waals surface area contributed by atoms with Crippen molar-refractivity contribution in [1.82, 2.24) is 4.72 Å². The summed E-state index contributed by atoms with van der Waals surface area (Å²) in [6.07, 6.45) is -1.18. The summed E-state index contributed by atoms with van der Waals surface area (Å²) in [4.78, 5) is 10.9. The van der Waals surface area contributed by atoms with E-state index in [4.69, 9.17) is 0 Å². The number of rotatable bonds is 4. The van der Waals surface area contributed by atoms with Gasteiger partial charge in [0.05, 0.1) is 12.3 Å². The van der Waals surface area contributed by atoms with E-state index >= 15 is 0 Å². The Bertz CT molecular complexity index is 546. The van der Waals surface area contributed by atoms with E-state index in [2.05, 4.69) is 4.74 Å². The topological polar surface area (TPSA) is 105 Å². The van der Waals surface area contributed by atoms with Crippen LogP contribution < -0.4 is 9.44 Å². The Morgan fingerprint density at radius 2 is 2.17 bits per heavy atom. The second-order valence-corrected chi connectivity index (χ2v) is 4.50. The second-order valence-electron chi connectivity index (χ2n) is 3.09. The number of carbonyl (C=O) groups excluding carboxylic acids is 1. The number of ether oxygens (including phenoxy) is 1. The second kappa shape index (κ2) is 5.54. The Labute approximate surface area is 103 Å². The molecule has 0 unspecified atom stereocenters. The van der Waals surface area contributed by atoms with Gasteiger partial charge in [0.1, 0.15) is 11.6 Å². The van der Waals surface area contributed by atoms with Crippen LogP contribution in [0, 0.1) is 5.82 Å². The number of nitrogens with one attached hydrogen (secondary N) is 2. The maximum atomic E-state index is 12.8. The lowest BCUT2D eigenvalue weighted by Crippen LogP contribution is -2.35. The van der Waals surface area contributed by atoms with E-state index in [0.717, 1.165) is 18.2 Å². The highest BCUT2D eigenvalue weighted by Gasteiger charge is 2.17. The van der Waals surface area contributed by atoms with Gasteiger partial charge < -0.3 is 9.84 Å². The molecule has 0 heterocycles. The highest BCUT2D eigenvalue weighted by molar-refractivity contribution is 7.91. The molecule has 0 fully saturated rings. The molecule has 1 amide bonds. The quantitative estimate of drug-likeness (QED) is 0.711. The lowest BCUT2D eigenvalue weighted by Gasteiger charge is -2.10. The first kappa shape index (κ1) is 14.0. The average molecular weight is 278 g/mol. The van der Waals surface area contributed by atoms with E-state index in [0.29, 0.717) is 0 Å². The first-order valence-electron chi connectivity index (χ1n) is 4.80. The Kier molecular flexibility index (Phi) is 4.32. The van der Waals surface area contributed by atoms with Gasteiger partial charge in [-0.15, -0.1) is 0 Å². The van der Waals surface area contributed by atoms with Crippen molar-refractivity contribution in [1.29, 1.82) is 0 Å². The van der Waals surface area contributed by atoms with Crippen molar-refractivity contribution >= 4 is 22.0 Å². The van der Waals surface area contributed by atoms with E-state index in [9.17, 15) is 22.7 Å². The fraction of sp³-hybridized carbons (Fsp3) is 0.222. The number of halogens is 1. The zero-order valence-electron chi connectivity index (χ0n) is 9.31. The van der Waals surface area contributed by atoms with Crippen molar-refractivity contribution in [3.05, 3.63) is 24.0 Å². The minimum absolute atomic E-state index is 0.00737. The van der Waals surface area contributed by atoms with Crippen LogP contribution in [-0.2, 0) is 14.9 Å². The minimum atomic E-state index is -4.30. The maximum absolute atomic E-state index is 12.8. The molecule has 9 heteroatoms. The zero-order chi connectivity index (χ0) is 13.8. The molecule has 0 aliphatic carbocycles. The largest absolute Gasteiger partial charge is 0.506 e. The van der Waals surface area contributed by atoms with Gasteiger partial charge in [0.15, 0.2) is 0 Å². The first-order valence-corrected chi connectivity index (χ1v) is 6.28. The number of amides is 1. The van der Waals surface area contributed by atoms with Crippen molar-refractivity contribution in [2.24, 2.45) is 0 Å². The molecule has 3 N–H and O–H groups in total. The van der Waals surface area contributed by atoms with Crippen molar-refractivity contribution in [3.63, 3.8) is 0 Å². The Hall–Kier alpha value is -2.03. The summed E-state index contributed by atoms with van der Waals surface area (Å²) >= 11 is 0. The maximum Gasteiger partial charge on any atom is 0.422 e. The van der Waals surface area contributed by atoms with Gasteiger partial charge in [-0.2, -0.15) is 8.42 Å². The van der Waals surface area contributed by atoms with E-state index in [-0.39, 0.29) is 6.61 Å². The van der Waals surface area contributed by atoms with E-state index in [1.807, 2.05) is 0 Å². The Morgan fingerprint density at radius 1 is 1.50 bits per heavy atom. The standard InChI is InChI=1S/C9H11FN2O5S/c1-2-17-9(14)12-18(15,16)11-7-5-6(10)3-4-8(7)13/h3-5,11,13H,2H2,1H3,(H,12,14). The van der Waals surface area contributed by atoms with Crippen molar-refractivity contribution in [2.75, 3.05) is 11.3 Å². The fourth-order valence-electron chi connectivity index (χ4n) is 1.03. The molecule has 0 radical (unpaired) electrons. The summed E-state index contributed by atoms with van der Waals surface area (Å²) in [5.74, 6) is -1.23. The van der Waals surface area contributed by atoms with Gasteiger partial charge in [-0.3, -0.25) is 4.72 Å². The third-order valence-electron chi connectivity index (χ3n) is 1.70. The van der Waals surface area contributed by atoms with Crippen LogP contribution in [0.1, 0.15) is 6.92 Å². The third-order valence-corrected chi connectivity index (χ3v) is 2.62. The molecule has 1 aromatic carbocycles. The molecule has 1 aromatic rings. The lowest BCUT2D eigenvalue weighted by molar-refractivity contribution is 0.159. The molecular formula is C9H11FN2O5S. The molecule has 0 aromatic heterocycles. The molecular weight excluding hydrogens is 267 g/mol. The molecule has 0 bridgehead atoms. The number of benzene rings is 1. The third kappa shape index (κ3) is 4.09. The van der Waals surface area contributed by atoms with Crippen LogP contribution in [0.15, 0.2) is 18.2 Å². The Balaban J connectivity index is 2.82. The minimum Gasteiger partial charge on any atom is -0.506 e. The van der Waals surface area contributed by atoms with E-state index in [1.165, 1.54) is 11.6 Å². The molecule has 0 aliphatic rings. The Morgan fingerprint density at radius 3 is 2.78 bits per heavy atom. The molecule has 1 rings (SSSR count). The number of hydrogen-bond donors (Lipinski definition) is 3. The molecule has 100 valence electrons. The van der Waals surface area contributed by atoms with Crippen molar-refractivity contribution < 1.29 is 27.4 Å². The van der Waals surface area contributed by atoms with Crippen molar-refractivity contribution in [3.8, 4) is 5.75 Å². The first-order chi connectivity index (χ1) is 8.34. The molecule has 18 heavy (non-hydrogen) atoms. The summed E-state index contributed by atoms with van der Waals surface area (Å²) in [6.45, 7) is 1.49. The highest BCUT2D eigenvalue weighted by Crippen LogP contribution is 2.24. The van der Waals surface area contributed by atoms with Gasteiger partial charge >= 0.3 is 16.3 Å². The number of phenolic OH excluding ortho intramolecular Hbond substituents is 1. The van der Waals surface area contributed by atoms with E-state index in [1.54, 1.807) is 4.72 Å². The van der Waals surface area contributed by atoms with Gasteiger partial charge in [0.25, 0.3) is 0 Å². The molecule has 7 nitrogen and oxygen atoms in total. The monoisotopic (exact) mass is 278 g/mol. The van der Waals surface area contributed by atoms with Crippen LogP contribution in [0.5, 0.6) is 5.75 Å². The van der Waals surface area contributed by atoms with Gasteiger partial charge in [-0.25, -0.2) is 13.9 Å². The number of carbonyl (C=O) groups is 1. The normalized spacial score (nSPS) is 10.8. The van der Waals surface area contributed by atoms with Crippen LogP contribution in [0.3, 0.4) is 0 Å². The summed E-state index contributed by atoms with van der Waals surface area (Å²) in [5.41, 5.74) is -0.396. The van der Waals surface area contributed by atoms with Crippen LogP contribution in [0.4, 0.5) is 14.9 Å². The van der Waals surface area contributed by atoms with Crippen LogP contribution in [-0.4, -0.2) is 26.2 Å². The molecule has 0 spiro atoms. The molecule has 0 saturated heterocycles. The molecule has 0 atom stereocenters. The summed E-state index contributed by atoms with van der Waals surface area (Å²) < 4.78 is 43.3.